The first-order valence-electron chi connectivity index (χ1n) is 8.70. The summed E-state index contributed by atoms with van der Waals surface area (Å²) >= 11 is 0. The van der Waals surface area contributed by atoms with Crippen molar-refractivity contribution in [2.24, 2.45) is 0 Å². The Morgan fingerprint density at radius 1 is 1.12 bits per heavy atom. The molecule has 1 aromatic carbocycles. The average Bonchev–Trinajstić information content (AvgIpc) is 2.62. The summed E-state index contributed by atoms with van der Waals surface area (Å²) in [5.74, 6) is -0.444. The highest BCUT2D eigenvalue weighted by Crippen LogP contribution is 2.15. The molecule has 0 N–H and O–H groups in total. The molecule has 0 unspecified atom stereocenters. The van der Waals surface area contributed by atoms with Gasteiger partial charge in [-0.05, 0) is 26.0 Å². The number of rotatable bonds is 7. The number of carbonyl (C=O) groups excluding carboxylic acids is 2. The number of nitrogens with zero attached hydrogens (tertiary/aromatic N) is 3. The maximum Gasteiger partial charge on any atom is 0.260 e. The smallest absolute Gasteiger partial charge is 0.260 e. The Labute approximate surface area is 148 Å². The molecule has 0 bridgehead atoms. The van der Waals surface area contributed by atoms with Crippen molar-refractivity contribution in [3.05, 3.63) is 30.1 Å². The van der Waals surface area contributed by atoms with E-state index in [9.17, 15) is 14.0 Å². The van der Waals surface area contributed by atoms with Crippen LogP contribution >= 0.6 is 0 Å². The fourth-order valence-electron chi connectivity index (χ4n) is 2.82. The normalized spacial score (nSPS) is 15.1. The second-order valence-corrected chi connectivity index (χ2v) is 5.94. The fourth-order valence-corrected chi connectivity index (χ4v) is 2.82. The molecular formula is C18H26FN3O3. The third-order valence-corrected chi connectivity index (χ3v) is 4.39. The molecule has 0 atom stereocenters. The Kier molecular flexibility index (Phi) is 7.18. The van der Waals surface area contributed by atoms with Crippen molar-refractivity contribution in [1.82, 2.24) is 14.7 Å². The Morgan fingerprint density at radius 3 is 2.36 bits per heavy atom. The van der Waals surface area contributed by atoms with Gasteiger partial charge in [0.1, 0.15) is 0 Å². The van der Waals surface area contributed by atoms with Gasteiger partial charge in [0, 0.05) is 39.3 Å². The molecule has 138 valence electrons. The van der Waals surface area contributed by atoms with Crippen molar-refractivity contribution in [3.63, 3.8) is 0 Å². The van der Waals surface area contributed by atoms with E-state index in [1.807, 2.05) is 13.8 Å². The predicted molar refractivity (Wildman–Crippen MR) is 92.8 cm³/mol. The highest BCUT2D eigenvalue weighted by atomic mass is 19.1. The number of benzene rings is 1. The number of halogens is 1. The zero-order valence-electron chi connectivity index (χ0n) is 14.9. The van der Waals surface area contributed by atoms with Crippen molar-refractivity contribution < 1.29 is 18.7 Å². The topological polar surface area (TPSA) is 53.1 Å². The number of amides is 2. The second-order valence-electron chi connectivity index (χ2n) is 5.94. The molecule has 25 heavy (non-hydrogen) atoms. The molecule has 1 aromatic rings. The largest absolute Gasteiger partial charge is 0.481 e. The first kappa shape index (κ1) is 19.2. The number of hydrogen-bond donors (Lipinski definition) is 0. The summed E-state index contributed by atoms with van der Waals surface area (Å²) in [5, 5.41) is 0. The monoisotopic (exact) mass is 351 g/mol. The van der Waals surface area contributed by atoms with Crippen LogP contribution < -0.4 is 4.74 Å². The van der Waals surface area contributed by atoms with Gasteiger partial charge in [-0.2, -0.15) is 0 Å². The van der Waals surface area contributed by atoms with E-state index in [4.69, 9.17) is 4.74 Å². The standard InChI is InChI=1S/C18H26FN3O3/c1-3-21(4-2)17(23)13-20-9-11-22(12-10-20)18(24)14-25-16-8-6-5-7-15(16)19/h5-8H,3-4,9-14H2,1-2H3. The maximum atomic E-state index is 13.5. The van der Waals surface area contributed by atoms with Crippen LogP contribution in [0.25, 0.3) is 0 Å². The number of para-hydroxylation sites is 1. The number of ether oxygens (including phenoxy) is 1. The van der Waals surface area contributed by atoms with Crippen molar-refractivity contribution in [1.29, 1.82) is 0 Å². The van der Waals surface area contributed by atoms with Crippen LogP contribution in [0.2, 0.25) is 0 Å². The minimum atomic E-state index is -0.477. The van der Waals surface area contributed by atoms with Crippen LogP contribution in [0.1, 0.15) is 13.8 Å². The number of carbonyl (C=O) groups is 2. The summed E-state index contributed by atoms with van der Waals surface area (Å²) in [6.45, 7) is 7.95. The van der Waals surface area contributed by atoms with E-state index in [1.165, 1.54) is 12.1 Å². The lowest BCUT2D eigenvalue weighted by Gasteiger charge is -2.35. The van der Waals surface area contributed by atoms with Gasteiger partial charge in [0.25, 0.3) is 5.91 Å². The van der Waals surface area contributed by atoms with Gasteiger partial charge in [0.05, 0.1) is 6.54 Å². The first-order valence-corrected chi connectivity index (χ1v) is 8.70. The lowest BCUT2D eigenvalue weighted by atomic mass is 10.3. The molecule has 2 amide bonds. The van der Waals surface area contributed by atoms with Crippen LogP contribution in [0.4, 0.5) is 4.39 Å². The Bertz CT molecular complexity index is 585. The van der Waals surface area contributed by atoms with E-state index < -0.39 is 5.82 Å². The SMILES string of the molecule is CCN(CC)C(=O)CN1CCN(C(=O)COc2ccccc2F)CC1. The molecule has 1 heterocycles. The summed E-state index contributed by atoms with van der Waals surface area (Å²) in [7, 11) is 0. The summed E-state index contributed by atoms with van der Waals surface area (Å²) in [5.41, 5.74) is 0. The van der Waals surface area contributed by atoms with Crippen molar-refractivity contribution in [3.8, 4) is 5.75 Å². The molecule has 0 aliphatic carbocycles. The van der Waals surface area contributed by atoms with Crippen LogP contribution in [0.15, 0.2) is 24.3 Å². The minimum Gasteiger partial charge on any atom is -0.481 e. The van der Waals surface area contributed by atoms with Gasteiger partial charge in [-0.15, -0.1) is 0 Å². The van der Waals surface area contributed by atoms with Gasteiger partial charge in [-0.1, -0.05) is 12.1 Å². The van der Waals surface area contributed by atoms with E-state index in [2.05, 4.69) is 4.90 Å². The molecule has 0 saturated carbocycles. The number of piperazine rings is 1. The van der Waals surface area contributed by atoms with E-state index in [0.29, 0.717) is 45.8 Å². The number of hydrogen-bond acceptors (Lipinski definition) is 4. The molecule has 0 aromatic heterocycles. The van der Waals surface area contributed by atoms with Gasteiger partial charge in [0.2, 0.25) is 5.91 Å². The Hall–Kier alpha value is -2.15. The van der Waals surface area contributed by atoms with E-state index in [0.717, 1.165) is 0 Å². The molecule has 1 saturated heterocycles. The molecule has 6 nitrogen and oxygen atoms in total. The molecule has 1 fully saturated rings. The van der Waals surface area contributed by atoms with Crippen LogP contribution in [0, 0.1) is 5.82 Å². The third kappa shape index (κ3) is 5.42. The van der Waals surface area contributed by atoms with Crippen molar-refractivity contribution in [2.45, 2.75) is 13.8 Å². The van der Waals surface area contributed by atoms with Crippen LogP contribution in [0.5, 0.6) is 5.75 Å². The molecule has 2 rings (SSSR count). The molecular weight excluding hydrogens is 325 g/mol. The number of likely N-dealkylation sites (N-methyl/N-ethyl adjacent to an activating group) is 1. The summed E-state index contributed by atoms with van der Waals surface area (Å²) < 4.78 is 18.7. The van der Waals surface area contributed by atoms with Crippen LogP contribution in [-0.2, 0) is 9.59 Å². The lowest BCUT2D eigenvalue weighted by molar-refractivity contribution is -0.136. The summed E-state index contributed by atoms with van der Waals surface area (Å²) in [6.07, 6.45) is 0. The molecule has 1 aliphatic rings. The average molecular weight is 351 g/mol. The van der Waals surface area contributed by atoms with Crippen molar-refractivity contribution >= 4 is 11.8 Å². The molecule has 0 radical (unpaired) electrons. The minimum absolute atomic E-state index is 0.0827. The van der Waals surface area contributed by atoms with Gasteiger partial charge in [-0.25, -0.2) is 4.39 Å². The van der Waals surface area contributed by atoms with Gasteiger partial charge in [0.15, 0.2) is 18.2 Å². The van der Waals surface area contributed by atoms with Crippen molar-refractivity contribution in [2.75, 3.05) is 52.4 Å². The van der Waals surface area contributed by atoms with Crippen LogP contribution in [-0.4, -0.2) is 78.9 Å². The van der Waals surface area contributed by atoms with Crippen LogP contribution in [0.3, 0.4) is 0 Å². The first-order chi connectivity index (χ1) is 12.0. The summed E-state index contributed by atoms with van der Waals surface area (Å²) in [6, 6.07) is 6.03. The molecule has 7 heteroatoms. The Balaban J connectivity index is 1.75. The zero-order valence-corrected chi connectivity index (χ0v) is 14.9. The van der Waals surface area contributed by atoms with E-state index in [1.54, 1.807) is 21.9 Å². The third-order valence-electron chi connectivity index (χ3n) is 4.39. The predicted octanol–water partition coefficient (Wildman–Crippen LogP) is 1.22. The van der Waals surface area contributed by atoms with Gasteiger partial charge >= 0.3 is 0 Å². The fraction of sp³-hybridized carbons (Fsp3) is 0.556. The second kappa shape index (κ2) is 9.36. The quantitative estimate of drug-likeness (QED) is 0.741. The zero-order chi connectivity index (χ0) is 18.2. The highest BCUT2D eigenvalue weighted by Gasteiger charge is 2.23. The maximum absolute atomic E-state index is 13.5. The molecule has 0 spiro atoms. The van der Waals surface area contributed by atoms with E-state index >= 15 is 0 Å². The van der Waals surface area contributed by atoms with Gasteiger partial charge in [-0.3, -0.25) is 14.5 Å². The Morgan fingerprint density at radius 2 is 1.76 bits per heavy atom. The summed E-state index contributed by atoms with van der Waals surface area (Å²) in [4.78, 5) is 29.9. The van der Waals surface area contributed by atoms with E-state index in [-0.39, 0.29) is 24.2 Å². The molecule has 1 aliphatic heterocycles. The lowest BCUT2D eigenvalue weighted by Crippen LogP contribution is -2.52. The highest BCUT2D eigenvalue weighted by molar-refractivity contribution is 5.79. The van der Waals surface area contributed by atoms with Gasteiger partial charge < -0.3 is 14.5 Å².